The van der Waals surface area contributed by atoms with Crippen LogP contribution in [-0.2, 0) is 11.3 Å². The van der Waals surface area contributed by atoms with Gasteiger partial charge in [-0.2, -0.15) is 0 Å². The van der Waals surface area contributed by atoms with Gasteiger partial charge >= 0.3 is 0 Å². The van der Waals surface area contributed by atoms with Gasteiger partial charge in [0.2, 0.25) is 5.91 Å². The Bertz CT molecular complexity index is 670. The van der Waals surface area contributed by atoms with E-state index in [1.165, 1.54) is 11.0 Å². The molecule has 1 aromatic heterocycles. The van der Waals surface area contributed by atoms with Crippen LogP contribution in [0.3, 0.4) is 0 Å². The molecule has 2 aromatic rings. The van der Waals surface area contributed by atoms with Crippen molar-refractivity contribution in [1.29, 1.82) is 0 Å². The zero-order chi connectivity index (χ0) is 15.1. The second kappa shape index (κ2) is 7.17. The molecule has 0 saturated heterocycles. The number of rotatable bonds is 4. The molecule has 0 radical (unpaired) electrons. The van der Waals surface area contributed by atoms with E-state index in [9.17, 15) is 4.79 Å². The summed E-state index contributed by atoms with van der Waals surface area (Å²) in [4.78, 5) is 12.0. The number of nitrogens with one attached hydrogen (secondary N) is 1. The Kier molecular flexibility index (Phi) is 5.01. The number of nitrogens with zero attached hydrogens (tertiary/aromatic N) is 4. The summed E-state index contributed by atoms with van der Waals surface area (Å²) in [7, 11) is 0. The quantitative estimate of drug-likeness (QED) is 0.791. The molecule has 0 unspecified atom stereocenters. The van der Waals surface area contributed by atoms with Gasteiger partial charge in [0.05, 0.1) is 12.3 Å². The van der Waals surface area contributed by atoms with Gasteiger partial charge in [0.25, 0.3) is 0 Å². The van der Waals surface area contributed by atoms with E-state index in [1.807, 2.05) is 25.1 Å². The van der Waals surface area contributed by atoms with Gasteiger partial charge in [-0.05, 0) is 35.0 Å². The maximum absolute atomic E-state index is 12.0. The fraction of sp³-hybridized carbons (Fsp3) is 0.286. The minimum atomic E-state index is -0.238. The number of anilines is 1. The fourth-order valence-electron chi connectivity index (χ4n) is 1.67. The van der Waals surface area contributed by atoms with Crippen LogP contribution in [0.4, 0.5) is 5.69 Å². The second-order valence-corrected chi connectivity index (χ2v) is 4.38. The van der Waals surface area contributed by atoms with E-state index < -0.39 is 0 Å². The Hall–Kier alpha value is -2.72. The molecule has 0 aliphatic rings. The average molecular weight is 285 g/mol. The van der Waals surface area contributed by atoms with Crippen LogP contribution in [-0.4, -0.2) is 37.8 Å². The molecule has 2 rings (SSSR count). The van der Waals surface area contributed by atoms with Crippen molar-refractivity contribution in [3.05, 3.63) is 35.7 Å². The molecule has 0 aliphatic heterocycles. The van der Waals surface area contributed by atoms with Gasteiger partial charge < -0.3 is 10.4 Å². The number of tetrazole rings is 1. The van der Waals surface area contributed by atoms with Crippen molar-refractivity contribution in [3.8, 4) is 11.8 Å². The van der Waals surface area contributed by atoms with E-state index in [-0.39, 0.29) is 19.1 Å². The van der Waals surface area contributed by atoms with Crippen LogP contribution in [0, 0.1) is 18.8 Å². The zero-order valence-corrected chi connectivity index (χ0v) is 11.6. The monoisotopic (exact) mass is 285 g/mol. The van der Waals surface area contributed by atoms with E-state index in [2.05, 4.69) is 32.7 Å². The normalized spacial score (nSPS) is 9.81. The third-order valence-electron chi connectivity index (χ3n) is 2.61. The van der Waals surface area contributed by atoms with Crippen LogP contribution in [0.25, 0.3) is 0 Å². The molecule has 0 bridgehead atoms. The molecule has 0 atom stereocenters. The van der Waals surface area contributed by atoms with E-state index in [1.54, 1.807) is 0 Å². The number of hydrogen-bond donors (Lipinski definition) is 2. The Morgan fingerprint density at radius 3 is 3.05 bits per heavy atom. The Labute approximate surface area is 122 Å². The van der Waals surface area contributed by atoms with Crippen LogP contribution < -0.4 is 5.32 Å². The summed E-state index contributed by atoms with van der Waals surface area (Å²) in [6, 6.07) is 5.60. The molecule has 7 heteroatoms. The number of hydrogen-bond acceptors (Lipinski definition) is 5. The molecule has 2 N–H and O–H groups in total. The number of carbonyl (C=O) groups excluding carboxylic acids is 1. The fourth-order valence-corrected chi connectivity index (χ4v) is 1.67. The summed E-state index contributed by atoms with van der Waals surface area (Å²) in [6.45, 7) is 1.98. The van der Waals surface area contributed by atoms with Crippen molar-refractivity contribution < 1.29 is 9.90 Å². The maximum Gasteiger partial charge on any atom is 0.246 e. The lowest BCUT2D eigenvalue weighted by molar-refractivity contribution is -0.116. The van der Waals surface area contributed by atoms with E-state index >= 15 is 0 Å². The molecular formula is C14H15N5O2. The summed E-state index contributed by atoms with van der Waals surface area (Å²) >= 11 is 0. The lowest BCUT2D eigenvalue weighted by atomic mass is 10.1. The predicted molar refractivity (Wildman–Crippen MR) is 76.2 cm³/mol. The van der Waals surface area contributed by atoms with Crippen LogP contribution in [0.15, 0.2) is 24.5 Å². The largest absolute Gasteiger partial charge is 0.395 e. The van der Waals surface area contributed by atoms with Gasteiger partial charge in [0.1, 0.15) is 12.9 Å². The molecule has 21 heavy (non-hydrogen) atoms. The lowest BCUT2D eigenvalue weighted by Gasteiger charge is -2.08. The second-order valence-electron chi connectivity index (χ2n) is 4.38. The summed E-state index contributed by atoms with van der Waals surface area (Å²) in [5.74, 6) is 5.54. The van der Waals surface area contributed by atoms with Crippen molar-refractivity contribution in [2.24, 2.45) is 0 Å². The van der Waals surface area contributed by atoms with Crippen molar-refractivity contribution in [2.45, 2.75) is 19.9 Å². The van der Waals surface area contributed by atoms with Crippen LogP contribution in [0.2, 0.25) is 0 Å². The first kappa shape index (κ1) is 14.7. The minimum absolute atomic E-state index is 0.0137. The smallest absolute Gasteiger partial charge is 0.246 e. The maximum atomic E-state index is 12.0. The molecule has 0 aliphatic carbocycles. The van der Waals surface area contributed by atoms with Crippen LogP contribution >= 0.6 is 0 Å². The number of aryl methyl sites for hydroxylation is 1. The highest BCUT2D eigenvalue weighted by Crippen LogP contribution is 2.16. The van der Waals surface area contributed by atoms with Gasteiger partial charge in [0.15, 0.2) is 0 Å². The third kappa shape index (κ3) is 4.40. The first-order chi connectivity index (χ1) is 10.2. The van der Waals surface area contributed by atoms with Gasteiger partial charge in [0, 0.05) is 12.0 Å². The van der Waals surface area contributed by atoms with Crippen molar-refractivity contribution in [2.75, 3.05) is 11.9 Å². The molecule has 0 saturated carbocycles. The lowest BCUT2D eigenvalue weighted by Crippen LogP contribution is -2.19. The van der Waals surface area contributed by atoms with Gasteiger partial charge in [-0.3, -0.25) is 4.79 Å². The highest BCUT2D eigenvalue weighted by Gasteiger charge is 2.07. The van der Waals surface area contributed by atoms with Crippen molar-refractivity contribution >= 4 is 11.6 Å². The predicted octanol–water partition coefficient (Wildman–Crippen LogP) is 0.354. The number of aliphatic hydroxyl groups is 1. The molecule has 0 spiro atoms. The first-order valence-corrected chi connectivity index (χ1v) is 6.40. The number of amides is 1. The number of benzene rings is 1. The van der Waals surface area contributed by atoms with Crippen molar-refractivity contribution in [3.63, 3.8) is 0 Å². The van der Waals surface area contributed by atoms with Gasteiger partial charge in [-0.25, -0.2) is 4.68 Å². The van der Waals surface area contributed by atoms with Crippen LogP contribution in [0.1, 0.15) is 17.5 Å². The third-order valence-corrected chi connectivity index (χ3v) is 2.61. The molecular weight excluding hydrogens is 270 g/mol. The Balaban J connectivity index is 2.12. The van der Waals surface area contributed by atoms with E-state index in [0.29, 0.717) is 17.7 Å². The van der Waals surface area contributed by atoms with Crippen LogP contribution in [0.5, 0.6) is 0 Å². The van der Waals surface area contributed by atoms with E-state index in [0.717, 1.165) is 5.56 Å². The van der Waals surface area contributed by atoms with E-state index in [4.69, 9.17) is 5.11 Å². The minimum Gasteiger partial charge on any atom is -0.395 e. The molecule has 0 fully saturated rings. The summed E-state index contributed by atoms with van der Waals surface area (Å²) in [5, 5.41) is 22.1. The SMILES string of the molecule is Cc1ccc(C#CCCO)c(NC(=O)Cn2cnnn2)c1. The zero-order valence-electron chi connectivity index (χ0n) is 11.6. The molecule has 1 amide bonds. The Morgan fingerprint density at radius 2 is 2.33 bits per heavy atom. The number of aromatic nitrogens is 4. The number of carbonyl (C=O) groups is 1. The summed E-state index contributed by atoms with van der Waals surface area (Å²) in [6.07, 6.45) is 1.77. The summed E-state index contributed by atoms with van der Waals surface area (Å²) in [5.41, 5.74) is 2.36. The Morgan fingerprint density at radius 1 is 1.48 bits per heavy atom. The average Bonchev–Trinajstić information content (AvgIpc) is 2.94. The molecule has 1 aromatic carbocycles. The highest BCUT2D eigenvalue weighted by atomic mass is 16.2. The number of aliphatic hydroxyl groups excluding tert-OH is 1. The first-order valence-electron chi connectivity index (χ1n) is 6.40. The standard InChI is InChI=1S/C14H15N5O2/c1-11-5-6-12(4-2-3-7-20)13(8-11)16-14(21)9-19-10-15-17-18-19/h5-6,8,10,20H,3,7,9H2,1H3,(H,16,21). The molecule has 7 nitrogen and oxygen atoms in total. The molecule has 1 heterocycles. The van der Waals surface area contributed by atoms with Gasteiger partial charge in [-0.15, -0.1) is 5.10 Å². The molecule has 108 valence electrons. The summed E-state index contributed by atoms with van der Waals surface area (Å²) < 4.78 is 1.34. The van der Waals surface area contributed by atoms with Gasteiger partial charge in [-0.1, -0.05) is 17.9 Å². The highest BCUT2D eigenvalue weighted by molar-refractivity contribution is 5.92. The van der Waals surface area contributed by atoms with Crippen molar-refractivity contribution in [1.82, 2.24) is 20.2 Å². The topological polar surface area (TPSA) is 92.9 Å².